The van der Waals surface area contributed by atoms with Gasteiger partial charge in [-0.25, -0.2) is 0 Å². The van der Waals surface area contributed by atoms with Crippen molar-refractivity contribution in [3.8, 4) is 0 Å². The highest BCUT2D eigenvalue weighted by Crippen LogP contribution is 2.12. The molecule has 0 unspecified atom stereocenters. The summed E-state index contributed by atoms with van der Waals surface area (Å²) in [6.45, 7) is 5.64. The van der Waals surface area contributed by atoms with Crippen LogP contribution in [0.4, 0.5) is 0 Å². The van der Waals surface area contributed by atoms with Crippen LogP contribution in [0, 0.1) is 13.8 Å². The molecule has 138 valence electrons. The van der Waals surface area contributed by atoms with Crippen LogP contribution in [0.15, 0.2) is 72.8 Å². The quantitative estimate of drug-likeness (QED) is 0.648. The van der Waals surface area contributed by atoms with Gasteiger partial charge >= 0.3 is 0 Å². The highest BCUT2D eigenvalue weighted by Gasteiger charge is 2.08. The van der Waals surface area contributed by atoms with Crippen LogP contribution in [0.1, 0.15) is 38.2 Å². The predicted molar refractivity (Wildman–Crippen MR) is 108 cm³/mol. The molecule has 0 aliphatic rings. The van der Waals surface area contributed by atoms with Crippen LogP contribution < -0.4 is 5.32 Å². The molecule has 0 saturated heterocycles. The molecule has 3 rings (SSSR count). The third kappa shape index (κ3) is 5.53. The Morgan fingerprint density at radius 1 is 0.815 bits per heavy atom. The van der Waals surface area contributed by atoms with Gasteiger partial charge in [-0.15, -0.1) is 0 Å². The molecule has 3 aromatic rings. The van der Waals surface area contributed by atoms with E-state index in [1.165, 1.54) is 5.56 Å². The number of benzene rings is 3. The minimum absolute atomic E-state index is 0.0357. The van der Waals surface area contributed by atoms with Crippen LogP contribution >= 0.6 is 0 Å². The van der Waals surface area contributed by atoms with Crippen molar-refractivity contribution in [1.82, 2.24) is 5.32 Å². The van der Waals surface area contributed by atoms with Crippen LogP contribution in [0.3, 0.4) is 0 Å². The lowest BCUT2D eigenvalue weighted by Crippen LogP contribution is -2.23. The molecule has 1 amide bonds. The molecular formula is C24H25NO2. The van der Waals surface area contributed by atoms with Gasteiger partial charge in [0.1, 0.15) is 0 Å². The van der Waals surface area contributed by atoms with Crippen LogP contribution in [0.25, 0.3) is 0 Å². The van der Waals surface area contributed by atoms with Crippen molar-refractivity contribution in [1.29, 1.82) is 0 Å². The van der Waals surface area contributed by atoms with Gasteiger partial charge in [0, 0.05) is 12.1 Å². The molecule has 0 aliphatic carbocycles. The van der Waals surface area contributed by atoms with E-state index >= 15 is 0 Å². The maximum atomic E-state index is 12.4. The first-order valence-corrected chi connectivity index (χ1v) is 9.17. The molecule has 3 heteroatoms. The topological polar surface area (TPSA) is 38.3 Å². The molecule has 0 saturated carbocycles. The molecule has 0 fully saturated rings. The zero-order valence-corrected chi connectivity index (χ0v) is 15.9. The number of carbonyl (C=O) groups is 1. The number of ether oxygens (including phenoxy) is 1. The standard InChI is InChI=1S/C24H25NO2/c1-18-8-9-19(2)23(14-18)24(26)25-15-20-10-12-22(13-11-20)17-27-16-21-6-4-3-5-7-21/h3-14H,15-17H2,1-2H3,(H,25,26). The second-order valence-corrected chi connectivity index (χ2v) is 6.80. The van der Waals surface area contributed by atoms with Gasteiger partial charge < -0.3 is 10.1 Å². The molecule has 1 N–H and O–H groups in total. The first-order chi connectivity index (χ1) is 13.1. The number of hydrogen-bond donors (Lipinski definition) is 1. The molecule has 3 aromatic carbocycles. The zero-order chi connectivity index (χ0) is 19.1. The summed E-state index contributed by atoms with van der Waals surface area (Å²) in [5, 5.41) is 3.00. The summed E-state index contributed by atoms with van der Waals surface area (Å²) in [5.74, 6) is -0.0357. The highest BCUT2D eigenvalue weighted by molar-refractivity contribution is 5.95. The van der Waals surface area contributed by atoms with Gasteiger partial charge in [0.05, 0.1) is 13.2 Å². The van der Waals surface area contributed by atoms with Gasteiger partial charge in [-0.2, -0.15) is 0 Å². The average Bonchev–Trinajstić information content (AvgIpc) is 2.70. The van der Waals surface area contributed by atoms with Crippen LogP contribution in [0.5, 0.6) is 0 Å². The van der Waals surface area contributed by atoms with E-state index in [1.807, 2.05) is 74.5 Å². The minimum atomic E-state index is -0.0357. The Hall–Kier alpha value is -2.91. The average molecular weight is 359 g/mol. The van der Waals surface area contributed by atoms with E-state index in [2.05, 4.69) is 17.4 Å². The highest BCUT2D eigenvalue weighted by atomic mass is 16.5. The lowest BCUT2D eigenvalue weighted by atomic mass is 10.0. The molecule has 0 atom stereocenters. The Labute approximate surface area is 161 Å². The van der Waals surface area contributed by atoms with Crippen molar-refractivity contribution in [2.45, 2.75) is 33.6 Å². The van der Waals surface area contributed by atoms with Gasteiger partial charge in [-0.1, -0.05) is 72.3 Å². The van der Waals surface area contributed by atoms with E-state index in [1.54, 1.807) is 0 Å². The monoisotopic (exact) mass is 359 g/mol. The molecule has 0 aliphatic heterocycles. The number of hydrogen-bond acceptors (Lipinski definition) is 2. The van der Waals surface area contributed by atoms with E-state index in [4.69, 9.17) is 4.74 Å². The fourth-order valence-electron chi connectivity index (χ4n) is 2.87. The maximum Gasteiger partial charge on any atom is 0.251 e. The Morgan fingerprint density at radius 2 is 1.44 bits per heavy atom. The lowest BCUT2D eigenvalue weighted by molar-refractivity contribution is 0.0950. The number of carbonyl (C=O) groups excluding carboxylic acids is 1. The van der Waals surface area contributed by atoms with Gasteiger partial charge in [-0.05, 0) is 42.2 Å². The van der Waals surface area contributed by atoms with Gasteiger partial charge in [0.15, 0.2) is 0 Å². The number of rotatable bonds is 7. The minimum Gasteiger partial charge on any atom is -0.372 e. The lowest BCUT2D eigenvalue weighted by Gasteiger charge is -2.10. The van der Waals surface area contributed by atoms with Gasteiger partial charge in [0.2, 0.25) is 0 Å². The van der Waals surface area contributed by atoms with E-state index in [0.29, 0.717) is 19.8 Å². The molecule has 0 radical (unpaired) electrons. The Kier molecular flexibility index (Phi) is 6.39. The first-order valence-electron chi connectivity index (χ1n) is 9.17. The number of amides is 1. The summed E-state index contributed by atoms with van der Waals surface area (Å²) < 4.78 is 5.76. The van der Waals surface area contributed by atoms with Crippen molar-refractivity contribution >= 4 is 5.91 Å². The summed E-state index contributed by atoms with van der Waals surface area (Å²) in [5.41, 5.74) is 6.18. The Morgan fingerprint density at radius 3 is 2.15 bits per heavy atom. The smallest absolute Gasteiger partial charge is 0.251 e. The van der Waals surface area contributed by atoms with Crippen LogP contribution in [-0.4, -0.2) is 5.91 Å². The number of nitrogens with one attached hydrogen (secondary N) is 1. The Balaban J connectivity index is 1.49. The largest absolute Gasteiger partial charge is 0.372 e. The summed E-state index contributed by atoms with van der Waals surface area (Å²) in [6.07, 6.45) is 0. The third-order valence-corrected chi connectivity index (χ3v) is 4.49. The van der Waals surface area contributed by atoms with Crippen molar-refractivity contribution in [2.75, 3.05) is 0 Å². The second-order valence-electron chi connectivity index (χ2n) is 6.80. The molecule has 27 heavy (non-hydrogen) atoms. The molecule has 0 heterocycles. The van der Waals surface area contributed by atoms with Crippen molar-refractivity contribution in [2.24, 2.45) is 0 Å². The SMILES string of the molecule is Cc1ccc(C)c(C(=O)NCc2ccc(COCc3ccccc3)cc2)c1. The third-order valence-electron chi connectivity index (χ3n) is 4.49. The maximum absolute atomic E-state index is 12.4. The second kappa shape index (κ2) is 9.15. The molecule has 3 nitrogen and oxygen atoms in total. The van der Waals surface area contributed by atoms with E-state index in [-0.39, 0.29) is 5.91 Å². The van der Waals surface area contributed by atoms with Gasteiger partial charge in [0.25, 0.3) is 5.91 Å². The molecule has 0 spiro atoms. The number of aryl methyl sites for hydroxylation is 2. The fraction of sp³-hybridized carbons (Fsp3) is 0.208. The van der Waals surface area contributed by atoms with Crippen molar-refractivity contribution < 1.29 is 9.53 Å². The van der Waals surface area contributed by atoms with E-state index < -0.39 is 0 Å². The summed E-state index contributed by atoms with van der Waals surface area (Å²) >= 11 is 0. The predicted octanol–water partition coefficient (Wildman–Crippen LogP) is 4.95. The van der Waals surface area contributed by atoms with E-state index in [0.717, 1.165) is 27.8 Å². The van der Waals surface area contributed by atoms with Crippen molar-refractivity contribution in [3.63, 3.8) is 0 Å². The van der Waals surface area contributed by atoms with Gasteiger partial charge in [-0.3, -0.25) is 4.79 Å². The Bertz CT molecular complexity index is 886. The first kappa shape index (κ1) is 18.9. The molecule has 0 bridgehead atoms. The normalized spacial score (nSPS) is 10.6. The van der Waals surface area contributed by atoms with E-state index in [9.17, 15) is 4.79 Å². The van der Waals surface area contributed by atoms with Crippen LogP contribution in [-0.2, 0) is 24.5 Å². The van der Waals surface area contributed by atoms with Crippen molar-refractivity contribution in [3.05, 3.63) is 106 Å². The summed E-state index contributed by atoms with van der Waals surface area (Å²) in [6, 6.07) is 24.2. The van der Waals surface area contributed by atoms with Crippen LogP contribution in [0.2, 0.25) is 0 Å². The molecular weight excluding hydrogens is 334 g/mol. The summed E-state index contributed by atoms with van der Waals surface area (Å²) in [7, 11) is 0. The fourth-order valence-corrected chi connectivity index (χ4v) is 2.87. The molecule has 0 aromatic heterocycles. The summed E-state index contributed by atoms with van der Waals surface area (Å²) in [4.78, 5) is 12.4. The zero-order valence-electron chi connectivity index (χ0n) is 15.9.